The molecule has 0 bridgehead atoms. The number of hydrogen-bond donors (Lipinski definition) is 2. The summed E-state index contributed by atoms with van der Waals surface area (Å²) < 4.78 is 44.7. The van der Waals surface area contributed by atoms with Crippen molar-refractivity contribution in [2.75, 3.05) is 26.1 Å². The van der Waals surface area contributed by atoms with Gasteiger partial charge in [0.1, 0.15) is 35.8 Å². The van der Waals surface area contributed by atoms with Crippen molar-refractivity contribution in [3.63, 3.8) is 0 Å². The Hall–Kier alpha value is -4.83. The van der Waals surface area contributed by atoms with E-state index in [1.807, 2.05) is 61.0 Å². The van der Waals surface area contributed by atoms with E-state index < -0.39 is 24.1 Å². The van der Waals surface area contributed by atoms with Crippen molar-refractivity contribution in [1.29, 1.82) is 0 Å². The summed E-state index contributed by atoms with van der Waals surface area (Å²) in [4.78, 5) is 23.4. The first-order valence-electron chi connectivity index (χ1n) is 16.3. The van der Waals surface area contributed by atoms with Crippen molar-refractivity contribution in [2.24, 2.45) is 0 Å². The number of aromatic nitrogens is 6. The van der Waals surface area contributed by atoms with Crippen LogP contribution in [0.3, 0.4) is 0 Å². The Morgan fingerprint density at radius 1 is 1.02 bits per heavy atom. The van der Waals surface area contributed by atoms with Gasteiger partial charge in [-0.15, -0.1) is 0 Å². The molecule has 2 N–H and O–H groups in total. The van der Waals surface area contributed by atoms with E-state index in [9.17, 15) is 13.2 Å². The molecule has 6 aromatic rings. The summed E-state index contributed by atoms with van der Waals surface area (Å²) in [5, 5.41) is 9.09. The van der Waals surface area contributed by atoms with Crippen molar-refractivity contribution in [3.8, 4) is 22.6 Å². The minimum Gasteiger partial charge on any atom is -0.496 e. The number of aryl methyl sites for hydroxylation is 1. The van der Waals surface area contributed by atoms with Crippen molar-refractivity contribution in [1.82, 2.24) is 33.4 Å². The van der Waals surface area contributed by atoms with E-state index in [1.165, 1.54) is 32.6 Å². The summed E-state index contributed by atoms with van der Waals surface area (Å²) in [6.45, 7) is 11.6. The van der Waals surface area contributed by atoms with E-state index in [4.69, 9.17) is 14.6 Å². The quantitative estimate of drug-likeness (QED) is 0.115. The molecule has 0 saturated heterocycles. The molecule has 0 fully saturated rings. The normalized spacial score (nSPS) is 12.9. The van der Waals surface area contributed by atoms with Gasteiger partial charge in [0, 0.05) is 44.3 Å². The summed E-state index contributed by atoms with van der Waals surface area (Å²) >= 11 is 0. The van der Waals surface area contributed by atoms with Gasteiger partial charge >= 0.3 is 0 Å². The summed E-state index contributed by atoms with van der Waals surface area (Å²) in [5.41, 5.74) is 3.79. The smallest absolute Gasteiger partial charge is 0.282 e. The second-order valence-corrected chi connectivity index (χ2v) is 20.9. The molecule has 0 aliphatic rings. The SMILES string of the molecule is CNS(=O)(=O)c1ccc(-c2cn(COCC[Si](C)(C)C)c3ncnc(N[C@@H](C)c4nn5ccc(C)c5c(=O)n4-c4ccccc4)c23)c(OC)c1. The molecule has 0 aliphatic carbocycles. The Morgan fingerprint density at radius 3 is 2.48 bits per heavy atom. The van der Waals surface area contributed by atoms with Crippen LogP contribution in [0.25, 0.3) is 33.4 Å². The zero-order chi connectivity index (χ0) is 35.8. The Kier molecular flexibility index (Phi) is 9.68. The van der Waals surface area contributed by atoms with Crippen LogP contribution in [0.2, 0.25) is 25.7 Å². The lowest BCUT2D eigenvalue weighted by Gasteiger charge is -2.20. The Balaban J connectivity index is 1.49. The van der Waals surface area contributed by atoms with Crippen LogP contribution < -0.4 is 20.3 Å². The van der Waals surface area contributed by atoms with Crippen LogP contribution in [0.15, 0.2) is 83.0 Å². The summed E-state index contributed by atoms with van der Waals surface area (Å²) in [5.74, 6) is 1.33. The lowest BCUT2D eigenvalue weighted by atomic mass is 10.0. The van der Waals surface area contributed by atoms with Crippen LogP contribution in [0, 0.1) is 6.92 Å². The van der Waals surface area contributed by atoms with Crippen LogP contribution in [-0.4, -0.2) is 66.0 Å². The maximum Gasteiger partial charge on any atom is 0.282 e. The Morgan fingerprint density at radius 2 is 1.78 bits per heavy atom. The number of ether oxygens (including phenoxy) is 2. The molecular formula is C35H42N8O5SSi. The number of methoxy groups -OCH3 is 1. The molecule has 2 aromatic carbocycles. The predicted molar refractivity (Wildman–Crippen MR) is 197 cm³/mol. The molecule has 1 atom stereocenters. The van der Waals surface area contributed by atoms with E-state index in [0.29, 0.717) is 57.4 Å². The average Bonchev–Trinajstić information content (AvgIpc) is 3.67. The van der Waals surface area contributed by atoms with E-state index in [1.54, 1.807) is 21.3 Å². The molecule has 0 radical (unpaired) electrons. The number of sulfonamides is 1. The average molecular weight is 715 g/mol. The Labute approximate surface area is 292 Å². The van der Waals surface area contributed by atoms with Gasteiger partial charge in [-0.25, -0.2) is 27.6 Å². The molecule has 13 nitrogen and oxygen atoms in total. The molecule has 0 unspecified atom stereocenters. The molecule has 6 rings (SSSR count). The van der Waals surface area contributed by atoms with E-state index in [2.05, 4.69) is 39.6 Å². The minimum absolute atomic E-state index is 0.0721. The fourth-order valence-corrected chi connectivity index (χ4v) is 7.37. The minimum atomic E-state index is -3.72. The highest BCUT2D eigenvalue weighted by Crippen LogP contribution is 2.40. The van der Waals surface area contributed by atoms with Crippen LogP contribution in [0.1, 0.15) is 24.4 Å². The molecule has 0 aliphatic heterocycles. The van der Waals surface area contributed by atoms with Gasteiger partial charge in [0.2, 0.25) is 10.0 Å². The van der Waals surface area contributed by atoms with Crippen LogP contribution >= 0.6 is 0 Å². The number of nitrogens with zero attached hydrogens (tertiary/aromatic N) is 6. The molecule has 4 heterocycles. The van der Waals surface area contributed by atoms with Gasteiger partial charge in [-0.2, -0.15) is 5.10 Å². The lowest BCUT2D eigenvalue weighted by Crippen LogP contribution is -2.29. The first-order valence-corrected chi connectivity index (χ1v) is 21.5. The number of hydrogen-bond acceptors (Lipinski definition) is 9. The first-order chi connectivity index (χ1) is 23.8. The molecule has 4 aromatic heterocycles. The van der Waals surface area contributed by atoms with E-state index >= 15 is 0 Å². The number of fused-ring (bicyclic) bond motifs is 2. The van der Waals surface area contributed by atoms with Gasteiger partial charge in [0.15, 0.2) is 5.82 Å². The van der Waals surface area contributed by atoms with Crippen molar-refractivity contribution >= 4 is 40.5 Å². The third-order valence-electron chi connectivity index (χ3n) is 8.59. The molecular weight excluding hydrogens is 673 g/mol. The maximum absolute atomic E-state index is 14.0. The predicted octanol–water partition coefficient (Wildman–Crippen LogP) is 5.61. The van der Waals surface area contributed by atoms with Gasteiger partial charge in [-0.3, -0.25) is 9.36 Å². The van der Waals surface area contributed by atoms with Crippen molar-refractivity contribution < 1.29 is 17.9 Å². The van der Waals surface area contributed by atoms with Gasteiger partial charge in [-0.05, 0) is 62.8 Å². The van der Waals surface area contributed by atoms with Crippen molar-refractivity contribution in [2.45, 2.75) is 57.2 Å². The van der Waals surface area contributed by atoms with Crippen LogP contribution in [0.5, 0.6) is 5.75 Å². The summed E-state index contributed by atoms with van der Waals surface area (Å²) in [6, 6.07) is 16.5. The summed E-state index contributed by atoms with van der Waals surface area (Å²) in [6.07, 6.45) is 5.18. The van der Waals surface area contributed by atoms with Gasteiger partial charge in [0.05, 0.1) is 29.1 Å². The first kappa shape index (κ1) is 35.0. The highest BCUT2D eigenvalue weighted by molar-refractivity contribution is 7.89. The molecule has 262 valence electrons. The zero-order valence-electron chi connectivity index (χ0n) is 29.3. The summed E-state index contributed by atoms with van der Waals surface area (Å²) in [7, 11) is -2.17. The van der Waals surface area contributed by atoms with Gasteiger partial charge in [-0.1, -0.05) is 37.8 Å². The number of rotatable bonds is 13. The number of para-hydroxylation sites is 1. The fourth-order valence-electron chi connectivity index (χ4n) is 5.86. The van der Waals surface area contributed by atoms with Crippen molar-refractivity contribution in [3.05, 3.63) is 95.1 Å². The third-order valence-corrected chi connectivity index (χ3v) is 11.7. The van der Waals surface area contributed by atoms with Gasteiger partial charge < -0.3 is 19.4 Å². The van der Waals surface area contributed by atoms with Gasteiger partial charge in [0.25, 0.3) is 5.56 Å². The maximum atomic E-state index is 14.0. The highest BCUT2D eigenvalue weighted by atomic mass is 32.2. The second-order valence-electron chi connectivity index (χ2n) is 13.3. The number of anilines is 1. The molecule has 0 saturated carbocycles. The van der Waals surface area contributed by atoms with E-state index in [0.717, 1.165) is 11.6 Å². The van der Waals surface area contributed by atoms with Crippen LogP contribution in [0.4, 0.5) is 5.82 Å². The van der Waals surface area contributed by atoms with E-state index in [-0.39, 0.29) is 17.2 Å². The standard InChI is InChI=1S/C35H42N8O5SSi/c1-23-15-16-42-31(23)35(44)43(25-11-9-8-10-12-25)33(40-42)24(2)39-32-30-28(27-14-13-26(19-29(27)47-4)49(45,46)36-3)20-41(34(30)38-21-37-32)22-48-17-18-50(5,6)7/h8-16,19-21,24,36H,17-18,22H2,1-7H3,(H,37,38,39)/t24-/m0/s1. The number of benzene rings is 2. The zero-order valence-corrected chi connectivity index (χ0v) is 31.1. The van der Waals surface area contributed by atoms with Crippen LogP contribution in [-0.2, 0) is 21.5 Å². The highest BCUT2D eigenvalue weighted by Gasteiger charge is 2.25. The molecule has 0 spiro atoms. The largest absolute Gasteiger partial charge is 0.496 e. The molecule has 0 amide bonds. The monoisotopic (exact) mass is 714 g/mol. The topological polar surface area (TPSA) is 147 Å². The molecule has 50 heavy (non-hydrogen) atoms. The number of nitrogens with one attached hydrogen (secondary N) is 2. The Bertz CT molecular complexity index is 2350. The lowest BCUT2D eigenvalue weighted by molar-refractivity contribution is 0.0899. The molecule has 15 heteroatoms. The second kappa shape index (κ2) is 13.8. The third kappa shape index (κ3) is 6.81. The fraction of sp³-hybridized carbons (Fsp3) is 0.314.